The Hall–Kier alpha value is -4.12. The predicted octanol–water partition coefficient (Wildman–Crippen LogP) is 5.97. The molecule has 31 heavy (non-hydrogen) atoms. The van der Waals surface area contributed by atoms with Crippen LogP contribution in [0, 0.1) is 6.92 Å². The van der Waals surface area contributed by atoms with Crippen LogP contribution in [-0.2, 0) is 4.79 Å². The summed E-state index contributed by atoms with van der Waals surface area (Å²) >= 11 is 0. The van der Waals surface area contributed by atoms with Gasteiger partial charge in [0.05, 0.1) is 0 Å². The third kappa shape index (κ3) is 3.98. The van der Waals surface area contributed by atoms with Gasteiger partial charge in [-0.2, -0.15) is 0 Å². The van der Waals surface area contributed by atoms with Crippen LogP contribution in [0.1, 0.15) is 5.56 Å². The molecule has 0 bridgehead atoms. The van der Waals surface area contributed by atoms with Crippen molar-refractivity contribution in [1.29, 1.82) is 0 Å². The van der Waals surface area contributed by atoms with E-state index in [0.717, 1.165) is 21.9 Å². The molecule has 0 aliphatic carbocycles. The van der Waals surface area contributed by atoms with Gasteiger partial charge in [-0.3, -0.25) is 4.79 Å². The monoisotopic (exact) mass is 408 g/mol. The largest absolute Gasteiger partial charge is 0.484 e. The molecule has 0 radical (unpaired) electrons. The third-order valence-electron chi connectivity index (χ3n) is 5.08. The highest BCUT2D eigenvalue weighted by atomic mass is 16.5. The zero-order valence-corrected chi connectivity index (χ0v) is 17.0. The second-order valence-electron chi connectivity index (χ2n) is 7.38. The van der Waals surface area contributed by atoms with Crippen LogP contribution < -0.4 is 10.1 Å². The number of nitrogens with one attached hydrogen (secondary N) is 1. The number of aryl methyl sites for hydroxylation is 1. The van der Waals surface area contributed by atoms with Crippen LogP contribution >= 0.6 is 0 Å². The number of benzene rings is 4. The molecular weight excluding hydrogens is 388 g/mol. The number of hydrogen-bond donors (Lipinski definition) is 1. The van der Waals surface area contributed by atoms with E-state index in [1.807, 2.05) is 61.5 Å². The average molecular weight is 408 g/mol. The number of carbonyl (C=O) groups excluding carboxylic acids is 1. The zero-order chi connectivity index (χ0) is 21.2. The molecule has 5 rings (SSSR count). The lowest BCUT2D eigenvalue weighted by atomic mass is 10.0. The van der Waals surface area contributed by atoms with Gasteiger partial charge < -0.3 is 14.5 Å². The molecule has 0 saturated heterocycles. The number of anilines is 1. The van der Waals surface area contributed by atoms with Crippen molar-refractivity contribution in [2.75, 3.05) is 11.9 Å². The van der Waals surface area contributed by atoms with E-state index in [2.05, 4.69) is 28.5 Å². The van der Waals surface area contributed by atoms with Crippen molar-refractivity contribution in [3.63, 3.8) is 0 Å². The fraction of sp³-hybridized carbons (Fsp3) is 0.0769. The summed E-state index contributed by atoms with van der Waals surface area (Å²) in [7, 11) is 0. The summed E-state index contributed by atoms with van der Waals surface area (Å²) in [5.74, 6) is 0.975. The molecule has 0 atom stereocenters. The predicted molar refractivity (Wildman–Crippen MR) is 122 cm³/mol. The Morgan fingerprint density at radius 3 is 2.65 bits per heavy atom. The van der Waals surface area contributed by atoms with Gasteiger partial charge in [0.15, 0.2) is 12.2 Å². The SMILES string of the molecule is Cc1ccc(OCC(=O)Nc2ccc3oc(-c4cccc5ccccc45)nc3c2)cc1. The summed E-state index contributed by atoms with van der Waals surface area (Å²) in [4.78, 5) is 16.9. The molecule has 0 aliphatic heterocycles. The Bertz CT molecular complexity index is 1380. The lowest BCUT2D eigenvalue weighted by Crippen LogP contribution is -2.20. The summed E-state index contributed by atoms with van der Waals surface area (Å²) < 4.78 is 11.5. The van der Waals surface area contributed by atoms with E-state index >= 15 is 0 Å². The first-order valence-corrected chi connectivity index (χ1v) is 10.0. The van der Waals surface area contributed by atoms with Crippen LogP contribution in [0.15, 0.2) is 89.3 Å². The third-order valence-corrected chi connectivity index (χ3v) is 5.08. The number of rotatable bonds is 5. The highest BCUT2D eigenvalue weighted by Gasteiger charge is 2.12. The van der Waals surface area contributed by atoms with E-state index in [9.17, 15) is 4.79 Å². The first kappa shape index (κ1) is 18.9. The van der Waals surface area contributed by atoms with Crippen molar-refractivity contribution in [1.82, 2.24) is 4.98 Å². The van der Waals surface area contributed by atoms with Crippen molar-refractivity contribution in [3.05, 3.63) is 90.5 Å². The highest BCUT2D eigenvalue weighted by molar-refractivity contribution is 5.97. The van der Waals surface area contributed by atoms with E-state index in [-0.39, 0.29) is 12.5 Å². The highest BCUT2D eigenvalue weighted by Crippen LogP contribution is 2.31. The smallest absolute Gasteiger partial charge is 0.262 e. The standard InChI is InChI=1S/C26H20N2O3/c1-17-9-12-20(13-10-17)30-16-25(29)27-19-11-14-24-23(15-19)28-26(31-24)22-8-4-6-18-5-2-3-7-21(18)22/h2-15H,16H2,1H3,(H,27,29). The molecule has 0 fully saturated rings. The quantitative estimate of drug-likeness (QED) is 0.389. The van der Waals surface area contributed by atoms with Crippen LogP contribution in [0.5, 0.6) is 5.75 Å². The number of hydrogen-bond acceptors (Lipinski definition) is 4. The van der Waals surface area contributed by atoms with Crippen LogP contribution in [-0.4, -0.2) is 17.5 Å². The Labute approximate surface area is 179 Å². The Morgan fingerprint density at radius 1 is 0.968 bits per heavy atom. The number of aromatic nitrogens is 1. The normalized spacial score (nSPS) is 11.0. The van der Waals surface area contributed by atoms with Gasteiger partial charge in [-0.1, -0.05) is 54.1 Å². The topological polar surface area (TPSA) is 64.4 Å². The molecule has 0 aliphatic rings. The van der Waals surface area contributed by atoms with E-state index in [4.69, 9.17) is 9.15 Å². The maximum atomic E-state index is 12.3. The molecule has 5 nitrogen and oxygen atoms in total. The summed E-state index contributed by atoms with van der Waals surface area (Å²) in [5.41, 5.74) is 4.06. The second-order valence-corrected chi connectivity index (χ2v) is 7.38. The zero-order valence-electron chi connectivity index (χ0n) is 17.0. The van der Waals surface area contributed by atoms with Crippen LogP contribution in [0.2, 0.25) is 0 Å². The van der Waals surface area contributed by atoms with Crippen LogP contribution in [0.3, 0.4) is 0 Å². The molecule has 1 N–H and O–H groups in total. The van der Waals surface area contributed by atoms with Gasteiger partial charge in [-0.05, 0) is 54.1 Å². The molecular formula is C26H20N2O3. The van der Waals surface area contributed by atoms with Crippen molar-refractivity contribution in [2.45, 2.75) is 6.92 Å². The molecule has 1 amide bonds. The summed E-state index contributed by atoms with van der Waals surface area (Å²) in [6.07, 6.45) is 0. The molecule has 0 saturated carbocycles. The molecule has 0 spiro atoms. The van der Waals surface area contributed by atoms with E-state index in [0.29, 0.717) is 28.4 Å². The molecule has 1 heterocycles. The van der Waals surface area contributed by atoms with Gasteiger partial charge >= 0.3 is 0 Å². The maximum Gasteiger partial charge on any atom is 0.262 e. The number of carbonyl (C=O) groups is 1. The summed E-state index contributed by atoms with van der Waals surface area (Å²) in [6, 6.07) is 27.2. The molecule has 4 aromatic carbocycles. The first-order valence-electron chi connectivity index (χ1n) is 10.0. The van der Waals surface area contributed by atoms with Gasteiger partial charge in [-0.15, -0.1) is 0 Å². The van der Waals surface area contributed by atoms with Crippen LogP contribution in [0.25, 0.3) is 33.3 Å². The average Bonchev–Trinajstić information content (AvgIpc) is 3.21. The number of fused-ring (bicyclic) bond motifs is 2. The van der Waals surface area contributed by atoms with Gasteiger partial charge in [0.1, 0.15) is 11.3 Å². The molecule has 5 heteroatoms. The minimum atomic E-state index is -0.238. The minimum absolute atomic E-state index is 0.0683. The number of ether oxygens (including phenoxy) is 1. The van der Waals surface area contributed by atoms with Crippen molar-refractivity contribution >= 4 is 33.5 Å². The molecule has 5 aromatic rings. The maximum absolute atomic E-state index is 12.3. The summed E-state index contributed by atoms with van der Waals surface area (Å²) in [6.45, 7) is 1.93. The van der Waals surface area contributed by atoms with Crippen molar-refractivity contribution in [3.8, 4) is 17.2 Å². The number of amides is 1. The fourth-order valence-electron chi connectivity index (χ4n) is 3.51. The Kier molecular flexibility index (Phi) is 4.84. The Balaban J connectivity index is 1.34. The summed E-state index contributed by atoms with van der Waals surface area (Å²) in [5, 5.41) is 5.06. The molecule has 152 valence electrons. The van der Waals surface area contributed by atoms with E-state index < -0.39 is 0 Å². The van der Waals surface area contributed by atoms with E-state index in [1.54, 1.807) is 12.1 Å². The molecule has 0 unspecified atom stereocenters. The molecule has 1 aromatic heterocycles. The van der Waals surface area contributed by atoms with Crippen molar-refractivity contribution in [2.24, 2.45) is 0 Å². The first-order chi connectivity index (χ1) is 15.2. The lowest BCUT2D eigenvalue weighted by molar-refractivity contribution is -0.118. The van der Waals surface area contributed by atoms with Gasteiger partial charge in [0, 0.05) is 11.3 Å². The van der Waals surface area contributed by atoms with E-state index in [1.165, 1.54) is 0 Å². The Morgan fingerprint density at radius 2 is 1.77 bits per heavy atom. The number of nitrogens with zero attached hydrogens (tertiary/aromatic N) is 1. The van der Waals surface area contributed by atoms with Gasteiger partial charge in [0.25, 0.3) is 5.91 Å². The lowest BCUT2D eigenvalue weighted by Gasteiger charge is -2.07. The van der Waals surface area contributed by atoms with Crippen LogP contribution in [0.4, 0.5) is 5.69 Å². The minimum Gasteiger partial charge on any atom is -0.484 e. The van der Waals surface area contributed by atoms with Crippen molar-refractivity contribution < 1.29 is 13.9 Å². The number of oxazole rings is 1. The van der Waals surface area contributed by atoms with Gasteiger partial charge in [0.2, 0.25) is 5.89 Å². The fourth-order valence-corrected chi connectivity index (χ4v) is 3.51. The van der Waals surface area contributed by atoms with Gasteiger partial charge in [-0.25, -0.2) is 4.98 Å². The second kappa shape index (κ2) is 7.95.